The Bertz CT molecular complexity index is 422. The Morgan fingerprint density at radius 1 is 0.913 bits per heavy atom. The van der Waals surface area contributed by atoms with Crippen molar-refractivity contribution in [1.29, 1.82) is 0 Å². The maximum atomic E-state index is 11.3. The molecule has 0 aromatic heterocycles. The van der Waals surface area contributed by atoms with Gasteiger partial charge in [0.2, 0.25) is 12.4 Å². The first-order chi connectivity index (χ1) is 10.8. The number of carbonyl (C=O) groups excluding carboxylic acids is 3. The number of esters is 3. The molecule has 0 spiro atoms. The molecule has 1 rings (SSSR count). The quantitative estimate of drug-likeness (QED) is 0.368. The smallest absolute Gasteiger partial charge is 0.305 e. The Balaban J connectivity index is 2.82. The zero-order valence-electron chi connectivity index (χ0n) is 13.9. The number of hydrogen-bond donors (Lipinski definition) is 0. The number of hydrogen-bond acceptors (Lipinski definition) is 8. The average Bonchev–Trinajstić information content (AvgIpc) is 2.71. The minimum absolute atomic E-state index is 0.132. The lowest BCUT2D eigenvalue weighted by molar-refractivity contribution is -0.197. The first-order valence-corrected chi connectivity index (χ1v) is 7.60. The van der Waals surface area contributed by atoms with Crippen LogP contribution in [-0.4, -0.2) is 55.7 Å². The van der Waals surface area contributed by atoms with E-state index in [2.05, 4.69) is 0 Å². The zero-order valence-corrected chi connectivity index (χ0v) is 13.9. The molecule has 0 saturated carbocycles. The predicted molar refractivity (Wildman–Crippen MR) is 77.3 cm³/mol. The molecule has 1 saturated heterocycles. The lowest BCUT2D eigenvalue weighted by Crippen LogP contribution is -2.41. The highest BCUT2D eigenvalue weighted by molar-refractivity contribution is 5.68. The standard InChI is InChI=1S/C15H24O8/c1-5-6-7-19-8-12-13(20-9(2)16)14(21-10(3)17)15(23-12)22-11(4)18/h12-15H,5-8H2,1-4H3/t12-,13-,14-,15+/m1/s1. The van der Waals surface area contributed by atoms with Gasteiger partial charge in [-0.15, -0.1) is 0 Å². The molecular formula is C15H24O8. The Kier molecular flexibility index (Phi) is 7.97. The summed E-state index contributed by atoms with van der Waals surface area (Å²) in [4.78, 5) is 33.8. The van der Waals surface area contributed by atoms with Gasteiger partial charge in [0.15, 0.2) is 6.10 Å². The van der Waals surface area contributed by atoms with E-state index < -0.39 is 42.5 Å². The third-order valence-electron chi connectivity index (χ3n) is 3.08. The molecule has 8 heteroatoms. The van der Waals surface area contributed by atoms with Crippen LogP contribution in [0.25, 0.3) is 0 Å². The summed E-state index contributed by atoms with van der Waals surface area (Å²) >= 11 is 0. The van der Waals surface area contributed by atoms with E-state index in [1.54, 1.807) is 0 Å². The van der Waals surface area contributed by atoms with E-state index in [1.165, 1.54) is 20.8 Å². The second kappa shape index (κ2) is 9.46. The summed E-state index contributed by atoms with van der Waals surface area (Å²) < 4.78 is 26.4. The van der Waals surface area contributed by atoms with Crippen molar-refractivity contribution in [3.63, 3.8) is 0 Å². The zero-order chi connectivity index (χ0) is 17.4. The van der Waals surface area contributed by atoms with Gasteiger partial charge in [0.25, 0.3) is 0 Å². The van der Waals surface area contributed by atoms with Crippen LogP contribution >= 0.6 is 0 Å². The van der Waals surface area contributed by atoms with Gasteiger partial charge in [-0.2, -0.15) is 0 Å². The Morgan fingerprint density at radius 2 is 1.48 bits per heavy atom. The molecule has 8 nitrogen and oxygen atoms in total. The van der Waals surface area contributed by atoms with Gasteiger partial charge < -0.3 is 23.7 Å². The summed E-state index contributed by atoms with van der Waals surface area (Å²) in [6, 6.07) is 0. The molecule has 4 atom stereocenters. The molecule has 0 N–H and O–H groups in total. The molecular weight excluding hydrogens is 308 g/mol. The average molecular weight is 332 g/mol. The molecule has 23 heavy (non-hydrogen) atoms. The molecule has 132 valence electrons. The van der Waals surface area contributed by atoms with Crippen molar-refractivity contribution in [3.05, 3.63) is 0 Å². The van der Waals surface area contributed by atoms with Gasteiger partial charge in [-0.05, 0) is 6.42 Å². The van der Waals surface area contributed by atoms with Crippen LogP contribution in [0.3, 0.4) is 0 Å². The molecule has 0 aliphatic carbocycles. The molecule has 0 bridgehead atoms. The molecule has 0 aromatic rings. The van der Waals surface area contributed by atoms with Gasteiger partial charge in [-0.25, -0.2) is 0 Å². The van der Waals surface area contributed by atoms with Gasteiger partial charge in [0, 0.05) is 27.4 Å². The summed E-state index contributed by atoms with van der Waals surface area (Å²) in [5.41, 5.74) is 0. The third-order valence-corrected chi connectivity index (χ3v) is 3.08. The summed E-state index contributed by atoms with van der Waals surface area (Å²) in [6.45, 7) is 6.34. The van der Waals surface area contributed by atoms with Crippen molar-refractivity contribution in [2.45, 2.75) is 65.1 Å². The van der Waals surface area contributed by atoms with Crippen LogP contribution in [0.5, 0.6) is 0 Å². The van der Waals surface area contributed by atoms with Crippen LogP contribution in [0.2, 0.25) is 0 Å². The van der Waals surface area contributed by atoms with Crippen molar-refractivity contribution in [3.8, 4) is 0 Å². The van der Waals surface area contributed by atoms with E-state index >= 15 is 0 Å². The molecule has 1 aliphatic heterocycles. The van der Waals surface area contributed by atoms with Crippen molar-refractivity contribution in [1.82, 2.24) is 0 Å². The normalized spacial score (nSPS) is 26.6. The molecule has 0 unspecified atom stereocenters. The van der Waals surface area contributed by atoms with E-state index in [4.69, 9.17) is 23.7 Å². The van der Waals surface area contributed by atoms with Gasteiger partial charge >= 0.3 is 17.9 Å². The Morgan fingerprint density at radius 3 is 2.00 bits per heavy atom. The topological polar surface area (TPSA) is 97.4 Å². The Labute approximate surface area is 135 Å². The van der Waals surface area contributed by atoms with Gasteiger partial charge in [0.05, 0.1) is 6.61 Å². The van der Waals surface area contributed by atoms with Gasteiger partial charge in [-0.1, -0.05) is 13.3 Å². The Hall–Kier alpha value is -1.67. The van der Waals surface area contributed by atoms with Crippen LogP contribution in [0.1, 0.15) is 40.5 Å². The lowest BCUT2D eigenvalue weighted by atomic mass is 10.1. The summed E-state index contributed by atoms with van der Waals surface area (Å²) in [6.07, 6.45) is -1.90. The SMILES string of the molecule is CCCCOC[C@H]1O[C@H](OC(C)=O)[C@H](OC(C)=O)[C@@H]1OC(C)=O. The van der Waals surface area contributed by atoms with E-state index in [0.29, 0.717) is 6.61 Å². The fourth-order valence-corrected chi connectivity index (χ4v) is 2.18. The molecule has 0 aromatic carbocycles. The predicted octanol–water partition coefficient (Wildman–Crippen LogP) is 0.954. The van der Waals surface area contributed by atoms with Gasteiger partial charge in [-0.3, -0.25) is 14.4 Å². The highest BCUT2D eigenvalue weighted by Gasteiger charge is 2.51. The minimum Gasteiger partial charge on any atom is -0.455 e. The second-order valence-electron chi connectivity index (χ2n) is 5.23. The third kappa shape index (κ3) is 6.54. The fourth-order valence-electron chi connectivity index (χ4n) is 2.18. The van der Waals surface area contributed by atoms with E-state index in [1.807, 2.05) is 6.92 Å². The number of ether oxygens (including phenoxy) is 5. The highest BCUT2D eigenvalue weighted by Crippen LogP contribution is 2.28. The monoisotopic (exact) mass is 332 g/mol. The lowest BCUT2D eigenvalue weighted by Gasteiger charge is -2.22. The van der Waals surface area contributed by atoms with Gasteiger partial charge in [0.1, 0.15) is 6.10 Å². The number of unbranched alkanes of at least 4 members (excludes halogenated alkanes) is 1. The summed E-state index contributed by atoms with van der Waals surface area (Å²) in [7, 11) is 0. The molecule has 0 radical (unpaired) electrons. The van der Waals surface area contributed by atoms with Crippen molar-refractivity contribution in [2.24, 2.45) is 0 Å². The molecule has 1 heterocycles. The molecule has 1 aliphatic rings. The van der Waals surface area contributed by atoms with E-state index in [9.17, 15) is 14.4 Å². The largest absolute Gasteiger partial charge is 0.455 e. The van der Waals surface area contributed by atoms with Crippen LogP contribution in [0, 0.1) is 0 Å². The van der Waals surface area contributed by atoms with E-state index in [0.717, 1.165) is 12.8 Å². The van der Waals surface area contributed by atoms with Crippen molar-refractivity contribution >= 4 is 17.9 Å². The van der Waals surface area contributed by atoms with E-state index in [-0.39, 0.29) is 6.61 Å². The van der Waals surface area contributed by atoms with Crippen LogP contribution in [-0.2, 0) is 38.1 Å². The second-order valence-corrected chi connectivity index (χ2v) is 5.23. The van der Waals surface area contributed by atoms with Crippen LogP contribution < -0.4 is 0 Å². The first-order valence-electron chi connectivity index (χ1n) is 7.60. The minimum atomic E-state index is -1.14. The molecule has 1 fully saturated rings. The fraction of sp³-hybridized carbons (Fsp3) is 0.800. The van der Waals surface area contributed by atoms with Crippen LogP contribution in [0.4, 0.5) is 0 Å². The summed E-state index contributed by atoms with van der Waals surface area (Å²) in [5.74, 6) is -1.75. The maximum absolute atomic E-state index is 11.3. The van der Waals surface area contributed by atoms with Crippen molar-refractivity contribution < 1.29 is 38.1 Å². The molecule has 0 amide bonds. The number of carbonyl (C=O) groups is 3. The highest BCUT2D eigenvalue weighted by atomic mass is 16.7. The summed E-state index contributed by atoms with van der Waals surface area (Å²) in [5, 5.41) is 0. The number of rotatable bonds is 8. The van der Waals surface area contributed by atoms with Crippen LogP contribution in [0.15, 0.2) is 0 Å². The first kappa shape index (κ1) is 19.4. The van der Waals surface area contributed by atoms with Crippen molar-refractivity contribution in [2.75, 3.05) is 13.2 Å². The maximum Gasteiger partial charge on any atom is 0.305 e.